The molecule has 2 amide bonds. The summed E-state index contributed by atoms with van der Waals surface area (Å²) in [6.07, 6.45) is 3.26. The lowest BCUT2D eigenvalue weighted by Gasteiger charge is -2.13. The summed E-state index contributed by atoms with van der Waals surface area (Å²) in [6.45, 7) is 0.171. The predicted octanol–water partition coefficient (Wildman–Crippen LogP) is 3.97. The van der Waals surface area contributed by atoms with E-state index in [0.29, 0.717) is 15.6 Å². The highest BCUT2D eigenvalue weighted by Gasteiger charge is 2.35. The van der Waals surface area contributed by atoms with Gasteiger partial charge in [0.1, 0.15) is 0 Å². The first kappa shape index (κ1) is 14.8. The molecule has 0 unspecified atom stereocenters. The number of benzene rings is 1. The Morgan fingerprint density at radius 2 is 1.91 bits per heavy atom. The van der Waals surface area contributed by atoms with Crippen molar-refractivity contribution in [2.45, 2.75) is 6.54 Å². The molecule has 3 rings (SSSR count). The molecule has 2 heterocycles. The first-order valence-electron chi connectivity index (χ1n) is 6.55. The molecule has 0 atom stereocenters. The molecule has 0 spiro atoms. The molecule has 6 heteroatoms. The SMILES string of the molecule is O=C1S/C(=C\c2ccccn2)C(=O)N1Cc1ccccc1Cl. The number of pyridine rings is 1. The van der Waals surface area contributed by atoms with E-state index in [-0.39, 0.29) is 17.7 Å². The first-order chi connectivity index (χ1) is 10.6. The van der Waals surface area contributed by atoms with Crippen molar-refractivity contribution < 1.29 is 9.59 Å². The van der Waals surface area contributed by atoms with Crippen molar-refractivity contribution >= 4 is 40.6 Å². The molecular formula is C16H11ClN2O2S. The molecule has 1 fully saturated rings. The predicted molar refractivity (Wildman–Crippen MR) is 87.2 cm³/mol. The minimum absolute atomic E-state index is 0.171. The number of hydrogen-bond acceptors (Lipinski definition) is 4. The molecule has 0 radical (unpaired) electrons. The van der Waals surface area contributed by atoms with Gasteiger partial charge in [-0.05, 0) is 41.6 Å². The second-order valence-electron chi connectivity index (χ2n) is 4.61. The van der Waals surface area contributed by atoms with Crippen molar-refractivity contribution in [1.29, 1.82) is 0 Å². The van der Waals surface area contributed by atoms with E-state index in [1.807, 2.05) is 12.1 Å². The van der Waals surface area contributed by atoms with Gasteiger partial charge in [0.25, 0.3) is 11.1 Å². The molecule has 0 bridgehead atoms. The second kappa shape index (κ2) is 6.34. The van der Waals surface area contributed by atoms with Crippen molar-refractivity contribution in [3.8, 4) is 0 Å². The Hall–Kier alpha value is -2.11. The summed E-state index contributed by atoms with van der Waals surface area (Å²) in [7, 11) is 0. The van der Waals surface area contributed by atoms with Crippen LogP contribution in [0.1, 0.15) is 11.3 Å². The van der Waals surface area contributed by atoms with E-state index in [4.69, 9.17) is 11.6 Å². The van der Waals surface area contributed by atoms with Gasteiger partial charge in [0.15, 0.2) is 0 Å². The Morgan fingerprint density at radius 1 is 1.14 bits per heavy atom. The summed E-state index contributed by atoms with van der Waals surface area (Å²) in [4.78, 5) is 30.1. The van der Waals surface area contributed by atoms with E-state index in [9.17, 15) is 9.59 Å². The fourth-order valence-corrected chi connectivity index (χ4v) is 3.05. The zero-order chi connectivity index (χ0) is 15.5. The van der Waals surface area contributed by atoms with Gasteiger partial charge in [-0.3, -0.25) is 19.5 Å². The van der Waals surface area contributed by atoms with E-state index in [0.717, 1.165) is 17.3 Å². The van der Waals surface area contributed by atoms with E-state index >= 15 is 0 Å². The number of hydrogen-bond donors (Lipinski definition) is 0. The molecule has 1 aliphatic rings. The quantitative estimate of drug-likeness (QED) is 0.799. The summed E-state index contributed by atoms with van der Waals surface area (Å²) in [5.41, 5.74) is 1.39. The number of amides is 2. The molecule has 0 saturated carbocycles. The largest absolute Gasteiger partial charge is 0.293 e. The summed E-state index contributed by atoms with van der Waals surface area (Å²) in [6, 6.07) is 12.6. The number of nitrogens with zero attached hydrogens (tertiary/aromatic N) is 2. The Morgan fingerprint density at radius 3 is 2.64 bits per heavy atom. The van der Waals surface area contributed by atoms with E-state index in [1.165, 1.54) is 4.90 Å². The van der Waals surface area contributed by atoms with Crippen LogP contribution in [-0.4, -0.2) is 21.0 Å². The molecular weight excluding hydrogens is 320 g/mol. The van der Waals surface area contributed by atoms with Crippen LogP contribution in [-0.2, 0) is 11.3 Å². The molecule has 1 aliphatic heterocycles. The van der Waals surface area contributed by atoms with E-state index in [2.05, 4.69) is 4.98 Å². The standard InChI is InChI=1S/C16H11ClN2O2S/c17-13-7-2-1-5-11(13)10-19-15(20)14(22-16(19)21)9-12-6-3-4-8-18-12/h1-9H,10H2/b14-9-. The van der Waals surface area contributed by atoms with Crippen LogP contribution in [0, 0.1) is 0 Å². The number of halogens is 1. The number of aromatic nitrogens is 1. The van der Waals surface area contributed by atoms with Crippen molar-refractivity contribution in [3.05, 3.63) is 69.8 Å². The average Bonchev–Trinajstić information content (AvgIpc) is 2.78. The van der Waals surface area contributed by atoms with Gasteiger partial charge in [-0.15, -0.1) is 0 Å². The maximum absolute atomic E-state index is 12.4. The maximum Gasteiger partial charge on any atom is 0.293 e. The van der Waals surface area contributed by atoms with Crippen molar-refractivity contribution in [2.24, 2.45) is 0 Å². The fraction of sp³-hybridized carbons (Fsp3) is 0.0625. The highest BCUT2D eigenvalue weighted by Crippen LogP contribution is 2.33. The van der Waals surface area contributed by atoms with Crippen LogP contribution in [0.3, 0.4) is 0 Å². The van der Waals surface area contributed by atoms with Gasteiger partial charge in [-0.1, -0.05) is 35.9 Å². The Labute approximate surface area is 136 Å². The lowest BCUT2D eigenvalue weighted by Crippen LogP contribution is -2.27. The zero-order valence-corrected chi connectivity index (χ0v) is 13.0. The number of carbonyl (C=O) groups is 2. The Balaban J connectivity index is 1.83. The maximum atomic E-state index is 12.4. The zero-order valence-electron chi connectivity index (χ0n) is 11.4. The molecule has 22 heavy (non-hydrogen) atoms. The molecule has 2 aromatic rings. The molecule has 1 aromatic carbocycles. The third kappa shape index (κ3) is 3.05. The second-order valence-corrected chi connectivity index (χ2v) is 6.01. The summed E-state index contributed by atoms with van der Waals surface area (Å²) < 4.78 is 0. The minimum Gasteiger partial charge on any atom is -0.268 e. The monoisotopic (exact) mass is 330 g/mol. The highest BCUT2D eigenvalue weighted by atomic mass is 35.5. The van der Waals surface area contributed by atoms with Crippen LogP contribution in [0.25, 0.3) is 6.08 Å². The van der Waals surface area contributed by atoms with E-state index in [1.54, 1.807) is 42.6 Å². The topological polar surface area (TPSA) is 50.3 Å². The van der Waals surface area contributed by atoms with Gasteiger partial charge in [0.05, 0.1) is 17.1 Å². The van der Waals surface area contributed by atoms with Gasteiger partial charge < -0.3 is 0 Å². The number of carbonyl (C=O) groups excluding carboxylic acids is 2. The number of imide groups is 1. The summed E-state index contributed by atoms with van der Waals surface area (Å²) in [5.74, 6) is -0.319. The first-order valence-corrected chi connectivity index (χ1v) is 7.74. The third-order valence-electron chi connectivity index (χ3n) is 3.13. The molecule has 1 aromatic heterocycles. The van der Waals surface area contributed by atoms with Crippen LogP contribution in [0.5, 0.6) is 0 Å². The van der Waals surface area contributed by atoms with Gasteiger partial charge in [-0.2, -0.15) is 0 Å². The lowest BCUT2D eigenvalue weighted by atomic mass is 10.2. The molecule has 4 nitrogen and oxygen atoms in total. The van der Waals surface area contributed by atoms with Gasteiger partial charge in [-0.25, -0.2) is 0 Å². The van der Waals surface area contributed by atoms with Gasteiger partial charge >= 0.3 is 0 Å². The smallest absolute Gasteiger partial charge is 0.268 e. The van der Waals surface area contributed by atoms with Crippen LogP contribution in [0.15, 0.2) is 53.6 Å². The van der Waals surface area contributed by atoms with Crippen LogP contribution in [0.2, 0.25) is 5.02 Å². The van der Waals surface area contributed by atoms with Crippen LogP contribution < -0.4 is 0 Å². The van der Waals surface area contributed by atoms with Crippen molar-refractivity contribution in [1.82, 2.24) is 9.88 Å². The number of thioether (sulfide) groups is 1. The minimum atomic E-state index is -0.319. The van der Waals surface area contributed by atoms with Crippen molar-refractivity contribution in [3.63, 3.8) is 0 Å². The normalized spacial score (nSPS) is 16.6. The average molecular weight is 331 g/mol. The van der Waals surface area contributed by atoms with Gasteiger partial charge in [0, 0.05) is 11.2 Å². The third-order valence-corrected chi connectivity index (χ3v) is 4.40. The molecule has 0 aliphatic carbocycles. The lowest BCUT2D eigenvalue weighted by molar-refractivity contribution is -0.123. The Bertz CT molecular complexity index is 762. The Kier molecular flexibility index (Phi) is 4.27. The summed E-state index contributed by atoms with van der Waals surface area (Å²) in [5, 5.41) is 0.238. The molecule has 1 saturated heterocycles. The van der Waals surface area contributed by atoms with Gasteiger partial charge in [0.2, 0.25) is 0 Å². The molecule has 110 valence electrons. The summed E-state index contributed by atoms with van der Waals surface area (Å²) >= 11 is 7.00. The molecule has 0 N–H and O–H groups in total. The fourth-order valence-electron chi connectivity index (χ4n) is 2.03. The van der Waals surface area contributed by atoms with Crippen LogP contribution in [0.4, 0.5) is 4.79 Å². The van der Waals surface area contributed by atoms with Crippen molar-refractivity contribution in [2.75, 3.05) is 0 Å². The van der Waals surface area contributed by atoms with E-state index < -0.39 is 0 Å². The highest BCUT2D eigenvalue weighted by molar-refractivity contribution is 8.18. The number of rotatable bonds is 3. The van der Waals surface area contributed by atoms with Crippen LogP contribution >= 0.6 is 23.4 Å².